The molecule has 0 aliphatic rings. The molecule has 0 fully saturated rings. The van der Waals surface area contributed by atoms with Crippen molar-refractivity contribution in [3.63, 3.8) is 0 Å². The van der Waals surface area contributed by atoms with Crippen LogP contribution in [0.3, 0.4) is 0 Å². The number of para-hydroxylation sites is 1. The van der Waals surface area contributed by atoms with Crippen molar-refractivity contribution < 1.29 is 19.4 Å². The Hall–Kier alpha value is -2.77. The van der Waals surface area contributed by atoms with E-state index in [1.807, 2.05) is 13.0 Å². The molecular formula is C17H22N2O6. The summed E-state index contributed by atoms with van der Waals surface area (Å²) in [6, 6.07) is 6.85. The molecule has 8 nitrogen and oxygen atoms in total. The van der Waals surface area contributed by atoms with Crippen LogP contribution in [-0.4, -0.2) is 22.4 Å². The number of unbranched alkanes of at least 4 members (excludes halogenated alkanes) is 2. The van der Waals surface area contributed by atoms with Crippen molar-refractivity contribution in [2.45, 2.75) is 45.4 Å². The summed E-state index contributed by atoms with van der Waals surface area (Å²) in [5, 5.41) is 21.3. The van der Waals surface area contributed by atoms with Gasteiger partial charge in [-0.3, -0.25) is 20.2 Å². The monoisotopic (exact) mass is 350 g/mol. The largest absolute Gasteiger partial charge is 0.418 e. The second-order valence-electron chi connectivity index (χ2n) is 5.69. The van der Waals surface area contributed by atoms with Gasteiger partial charge in [-0.2, -0.15) is 0 Å². The van der Waals surface area contributed by atoms with Gasteiger partial charge < -0.3 is 4.74 Å². The third kappa shape index (κ3) is 6.70. The van der Waals surface area contributed by atoms with Crippen molar-refractivity contribution in [2.75, 3.05) is 6.54 Å². The van der Waals surface area contributed by atoms with Crippen LogP contribution in [-0.2, 0) is 4.79 Å². The minimum Gasteiger partial charge on any atom is -0.418 e. The first-order chi connectivity index (χ1) is 11.9. The number of nitro groups is 2. The lowest BCUT2D eigenvalue weighted by molar-refractivity contribution is -0.472. The molecular weight excluding hydrogens is 328 g/mol. The van der Waals surface area contributed by atoms with Gasteiger partial charge in [0.2, 0.25) is 6.54 Å². The average Bonchev–Trinajstić information content (AvgIpc) is 2.55. The van der Waals surface area contributed by atoms with Crippen molar-refractivity contribution in [1.29, 1.82) is 0 Å². The van der Waals surface area contributed by atoms with Gasteiger partial charge in [0.15, 0.2) is 0 Å². The number of ether oxygens (including phenoxy) is 1. The maximum absolute atomic E-state index is 12.0. The van der Waals surface area contributed by atoms with Gasteiger partial charge in [0.25, 0.3) is 0 Å². The summed E-state index contributed by atoms with van der Waals surface area (Å²) < 4.78 is 5.16. The van der Waals surface area contributed by atoms with Gasteiger partial charge in [-0.05, 0) is 24.0 Å². The summed E-state index contributed by atoms with van der Waals surface area (Å²) in [7, 11) is 0. The molecule has 1 unspecified atom stereocenters. The smallest absolute Gasteiger partial charge is 0.415 e. The number of hydrogen-bond acceptors (Lipinski definition) is 6. The minimum absolute atomic E-state index is 0.123. The third-order valence-electron chi connectivity index (χ3n) is 3.73. The van der Waals surface area contributed by atoms with Crippen LogP contribution in [0.2, 0.25) is 0 Å². The molecule has 0 saturated heterocycles. The van der Waals surface area contributed by atoms with E-state index in [1.165, 1.54) is 0 Å². The Morgan fingerprint density at radius 3 is 2.52 bits per heavy atom. The van der Waals surface area contributed by atoms with Gasteiger partial charge in [-0.1, -0.05) is 51.3 Å². The van der Waals surface area contributed by atoms with E-state index in [2.05, 4.69) is 6.92 Å². The molecule has 1 aromatic rings. The summed E-state index contributed by atoms with van der Waals surface area (Å²) in [4.78, 5) is 31.6. The Bertz CT molecular complexity index is 656. The van der Waals surface area contributed by atoms with Crippen molar-refractivity contribution in [3.05, 3.63) is 61.8 Å². The van der Waals surface area contributed by atoms with E-state index in [-0.39, 0.29) is 11.7 Å². The Morgan fingerprint density at radius 1 is 1.24 bits per heavy atom. The van der Waals surface area contributed by atoms with Gasteiger partial charge in [-0.15, -0.1) is 0 Å². The number of benzene rings is 1. The number of nitrogens with zero attached hydrogens (tertiary/aromatic N) is 2. The summed E-state index contributed by atoms with van der Waals surface area (Å²) in [5.74, 6) is -0.845. The molecule has 0 bridgehead atoms. The van der Waals surface area contributed by atoms with Crippen LogP contribution in [0.25, 0.3) is 0 Å². The average molecular weight is 350 g/mol. The summed E-state index contributed by atoms with van der Waals surface area (Å²) in [6.45, 7) is 3.29. The number of hydrogen-bond donors (Lipinski definition) is 0. The lowest BCUT2D eigenvalue weighted by atomic mass is 9.94. The summed E-state index contributed by atoms with van der Waals surface area (Å²) in [5.41, 5.74) is -0.158. The molecule has 0 aliphatic heterocycles. The van der Waals surface area contributed by atoms with Crippen molar-refractivity contribution in [3.8, 4) is 5.75 Å². The van der Waals surface area contributed by atoms with E-state index >= 15 is 0 Å². The van der Waals surface area contributed by atoms with Crippen LogP contribution < -0.4 is 4.74 Å². The van der Waals surface area contributed by atoms with E-state index in [0.717, 1.165) is 31.2 Å². The lowest BCUT2D eigenvalue weighted by Gasteiger charge is -2.15. The highest BCUT2D eigenvalue weighted by Crippen LogP contribution is 2.30. The third-order valence-corrected chi connectivity index (χ3v) is 3.73. The molecule has 8 heteroatoms. The molecule has 1 rings (SSSR count). The normalized spacial score (nSPS) is 12.5. The molecule has 0 amide bonds. The zero-order valence-electron chi connectivity index (χ0n) is 14.3. The highest BCUT2D eigenvalue weighted by Gasteiger charge is 2.26. The van der Waals surface area contributed by atoms with E-state index in [0.29, 0.717) is 6.08 Å². The van der Waals surface area contributed by atoms with Gasteiger partial charge in [-0.25, -0.2) is 4.79 Å². The molecule has 0 saturated carbocycles. The zero-order chi connectivity index (χ0) is 18.8. The van der Waals surface area contributed by atoms with E-state index in [9.17, 15) is 25.0 Å². The maximum Gasteiger partial charge on any atom is 0.415 e. The SMILES string of the molecule is CCCCCC(C)c1ccccc1OC(=O)/C(=C/C[N+](=O)[O-])[N+](=O)[O-]. The van der Waals surface area contributed by atoms with Crippen molar-refractivity contribution >= 4 is 5.97 Å². The Kier molecular flexibility index (Phi) is 8.25. The summed E-state index contributed by atoms with van der Waals surface area (Å²) in [6.07, 6.45) is 4.78. The van der Waals surface area contributed by atoms with Crippen LogP contribution in [0.1, 0.15) is 51.0 Å². The quantitative estimate of drug-likeness (QED) is 0.159. The number of rotatable bonds is 10. The van der Waals surface area contributed by atoms with Crippen LogP contribution in [0.15, 0.2) is 36.0 Å². The fraction of sp³-hybridized carbons (Fsp3) is 0.471. The second kappa shape index (κ2) is 10.2. The standard InChI is InChI=1S/C17H22N2O6/c1-3-4-5-8-13(2)14-9-6-7-10-16(14)25-17(20)15(19(23)24)11-12-18(21)22/h6-7,9-11,13H,3-5,8,12H2,1-2H3/b15-11-. The zero-order valence-corrected chi connectivity index (χ0v) is 14.3. The first kappa shape index (κ1) is 20.3. The molecule has 0 aromatic heterocycles. The Morgan fingerprint density at radius 2 is 1.92 bits per heavy atom. The second-order valence-corrected chi connectivity index (χ2v) is 5.69. The molecule has 0 heterocycles. The molecule has 136 valence electrons. The topological polar surface area (TPSA) is 113 Å². The van der Waals surface area contributed by atoms with Crippen LogP contribution in [0.4, 0.5) is 0 Å². The highest BCUT2D eigenvalue weighted by molar-refractivity contribution is 5.87. The minimum atomic E-state index is -1.21. The van der Waals surface area contributed by atoms with Gasteiger partial charge in [0.1, 0.15) is 5.75 Å². The summed E-state index contributed by atoms with van der Waals surface area (Å²) >= 11 is 0. The van der Waals surface area contributed by atoms with E-state index in [4.69, 9.17) is 4.74 Å². The number of carbonyl (C=O) groups is 1. The highest BCUT2D eigenvalue weighted by atomic mass is 16.6. The molecule has 0 N–H and O–H groups in total. The van der Waals surface area contributed by atoms with Gasteiger partial charge >= 0.3 is 11.7 Å². The fourth-order valence-corrected chi connectivity index (χ4v) is 2.38. The predicted octanol–water partition coefficient (Wildman–Crippen LogP) is 3.71. The van der Waals surface area contributed by atoms with Crippen LogP contribution in [0.5, 0.6) is 5.75 Å². The first-order valence-electron chi connectivity index (χ1n) is 8.14. The Labute approximate surface area is 145 Å². The predicted molar refractivity (Wildman–Crippen MR) is 91.6 cm³/mol. The van der Waals surface area contributed by atoms with Crippen molar-refractivity contribution in [2.24, 2.45) is 0 Å². The number of carbonyl (C=O) groups excluding carboxylic acids is 1. The fourth-order valence-electron chi connectivity index (χ4n) is 2.38. The van der Waals surface area contributed by atoms with Crippen LogP contribution >= 0.6 is 0 Å². The lowest BCUT2D eigenvalue weighted by Crippen LogP contribution is -2.19. The molecule has 0 radical (unpaired) electrons. The molecule has 1 aromatic carbocycles. The van der Waals surface area contributed by atoms with Gasteiger partial charge in [0.05, 0.1) is 11.0 Å². The maximum atomic E-state index is 12.0. The molecule has 1 atom stereocenters. The van der Waals surface area contributed by atoms with E-state index in [1.54, 1.807) is 18.2 Å². The molecule has 0 aliphatic carbocycles. The van der Waals surface area contributed by atoms with E-state index < -0.39 is 28.1 Å². The Balaban J connectivity index is 2.94. The number of esters is 1. The molecule has 0 spiro atoms. The molecule has 25 heavy (non-hydrogen) atoms. The first-order valence-corrected chi connectivity index (χ1v) is 8.14. The van der Waals surface area contributed by atoms with Crippen molar-refractivity contribution in [1.82, 2.24) is 0 Å². The van der Waals surface area contributed by atoms with Crippen LogP contribution in [0, 0.1) is 20.2 Å². The van der Waals surface area contributed by atoms with Gasteiger partial charge in [0, 0.05) is 4.92 Å².